The number of hydrogen-bond acceptors (Lipinski definition) is 2. The van der Waals surface area contributed by atoms with Gasteiger partial charge in [0.1, 0.15) is 0 Å². The largest absolute Gasteiger partial charge is 0.399 e. The Bertz CT molecular complexity index is 663. The van der Waals surface area contributed by atoms with Gasteiger partial charge < -0.3 is 11.1 Å². The minimum absolute atomic E-state index is 0.0585. The van der Waals surface area contributed by atoms with Gasteiger partial charge in [-0.05, 0) is 72.1 Å². The average molecular weight is 347 g/mol. The van der Waals surface area contributed by atoms with Crippen LogP contribution in [0.25, 0.3) is 0 Å². The van der Waals surface area contributed by atoms with Gasteiger partial charge in [-0.3, -0.25) is 4.79 Å². The lowest BCUT2D eigenvalue weighted by molar-refractivity contribution is -0.120. The maximum Gasteiger partial charge on any atom is 0.234 e. The number of carbonyl (C=O) groups excluding carboxylic acids is 1. The third-order valence-electron chi connectivity index (χ3n) is 3.57. The fourth-order valence-electron chi connectivity index (χ4n) is 2.03. The van der Waals surface area contributed by atoms with Crippen LogP contribution >= 0.6 is 15.9 Å². The summed E-state index contributed by atoms with van der Waals surface area (Å²) in [5.74, 6) is -0.0585. The number of carbonyl (C=O) groups is 1. The van der Waals surface area contributed by atoms with E-state index in [1.807, 2.05) is 63.2 Å². The minimum Gasteiger partial charge on any atom is -0.399 e. The van der Waals surface area contributed by atoms with E-state index in [9.17, 15) is 4.79 Å². The van der Waals surface area contributed by atoms with Gasteiger partial charge in [-0.2, -0.15) is 0 Å². The van der Waals surface area contributed by atoms with Gasteiger partial charge >= 0.3 is 0 Å². The van der Waals surface area contributed by atoms with Gasteiger partial charge in [-0.1, -0.05) is 18.2 Å². The molecular formula is C17H19BrN2O. The Hall–Kier alpha value is -1.81. The number of nitrogen functional groups attached to an aromatic ring is 1. The maximum absolute atomic E-state index is 12.6. The molecule has 0 aliphatic rings. The summed E-state index contributed by atoms with van der Waals surface area (Å²) < 4.78 is 0.879. The van der Waals surface area contributed by atoms with Gasteiger partial charge in [0.25, 0.3) is 0 Å². The molecule has 0 saturated carbocycles. The van der Waals surface area contributed by atoms with Crippen molar-refractivity contribution >= 4 is 33.2 Å². The lowest BCUT2D eigenvalue weighted by Crippen LogP contribution is -2.34. The minimum atomic E-state index is -0.641. The lowest BCUT2D eigenvalue weighted by Gasteiger charge is -2.24. The van der Waals surface area contributed by atoms with Crippen LogP contribution in [0.1, 0.15) is 25.0 Å². The van der Waals surface area contributed by atoms with Crippen molar-refractivity contribution in [2.45, 2.75) is 26.2 Å². The van der Waals surface area contributed by atoms with E-state index in [-0.39, 0.29) is 5.91 Å². The molecule has 0 aromatic heterocycles. The molecule has 110 valence electrons. The SMILES string of the molecule is Cc1ccc(NC(=O)C(C)(C)c2ccc(N)cc2)c(Br)c1. The number of halogens is 1. The summed E-state index contributed by atoms with van der Waals surface area (Å²) >= 11 is 3.48. The van der Waals surface area contributed by atoms with Crippen molar-refractivity contribution in [1.82, 2.24) is 0 Å². The first kappa shape index (κ1) is 15.6. The van der Waals surface area contributed by atoms with Gasteiger partial charge in [-0.25, -0.2) is 0 Å². The quantitative estimate of drug-likeness (QED) is 0.816. The summed E-state index contributed by atoms with van der Waals surface area (Å²) in [6.07, 6.45) is 0. The maximum atomic E-state index is 12.6. The zero-order valence-corrected chi connectivity index (χ0v) is 14.0. The van der Waals surface area contributed by atoms with E-state index < -0.39 is 5.41 Å². The second-order valence-electron chi connectivity index (χ2n) is 5.68. The third kappa shape index (κ3) is 3.45. The molecule has 0 aliphatic carbocycles. The van der Waals surface area contributed by atoms with Gasteiger partial charge in [-0.15, -0.1) is 0 Å². The second-order valence-corrected chi connectivity index (χ2v) is 6.54. The number of anilines is 2. The van der Waals surface area contributed by atoms with Crippen LogP contribution in [0.4, 0.5) is 11.4 Å². The van der Waals surface area contributed by atoms with Crippen LogP contribution in [0.15, 0.2) is 46.9 Å². The number of nitrogens with one attached hydrogen (secondary N) is 1. The molecule has 0 bridgehead atoms. The zero-order valence-electron chi connectivity index (χ0n) is 12.4. The molecule has 4 heteroatoms. The van der Waals surface area contributed by atoms with E-state index in [2.05, 4.69) is 21.2 Å². The standard InChI is InChI=1S/C17H19BrN2O/c1-11-4-9-15(14(18)10-11)20-16(21)17(2,3)12-5-7-13(19)8-6-12/h4-10H,19H2,1-3H3,(H,20,21). The Morgan fingerprint density at radius 1 is 1.14 bits per heavy atom. The molecule has 0 heterocycles. The molecule has 0 spiro atoms. The summed E-state index contributed by atoms with van der Waals surface area (Å²) in [4.78, 5) is 12.6. The van der Waals surface area contributed by atoms with E-state index in [0.29, 0.717) is 5.69 Å². The van der Waals surface area contributed by atoms with Crippen molar-refractivity contribution in [3.05, 3.63) is 58.1 Å². The lowest BCUT2D eigenvalue weighted by atomic mass is 9.83. The van der Waals surface area contributed by atoms with Crippen molar-refractivity contribution in [2.75, 3.05) is 11.1 Å². The highest BCUT2D eigenvalue weighted by Gasteiger charge is 2.30. The van der Waals surface area contributed by atoms with E-state index in [1.165, 1.54) is 0 Å². The van der Waals surface area contributed by atoms with Gasteiger partial charge in [0.15, 0.2) is 0 Å². The number of hydrogen-bond donors (Lipinski definition) is 2. The molecule has 0 fully saturated rings. The molecule has 2 aromatic rings. The van der Waals surface area contributed by atoms with Gasteiger partial charge in [0.2, 0.25) is 5.91 Å². The van der Waals surface area contributed by atoms with Crippen LogP contribution in [-0.2, 0) is 10.2 Å². The predicted octanol–water partition coefficient (Wildman–Crippen LogP) is 4.26. The zero-order chi connectivity index (χ0) is 15.6. The van der Waals surface area contributed by atoms with Crippen LogP contribution in [0.5, 0.6) is 0 Å². The third-order valence-corrected chi connectivity index (χ3v) is 4.23. The summed E-state index contributed by atoms with van der Waals surface area (Å²) in [6, 6.07) is 13.2. The van der Waals surface area contributed by atoms with E-state index in [1.54, 1.807) is 0 Å². The molecule has 1 amide bonds. The predicted molar refractivity (Wildman–Crippen MR) is 91.4 cm³/mol. The Morgan fingerprint density at radius 2 is 1.76 bits per heavy atom. The van der Waals surface area contributed by atoms with Crippen LogP contribution < -0.4 is 11.1 Å². The molecular weight excluding hydrogens is 328 g/mol. The molecule has 2 aromatic carbocycles. The van der Waals surface area contributed by atoms with Crippen molar-refractivity contribution in [3.8, 4) is 0 Å². The van der Waals surface area contributed by atoms with Crippen LogP contribution in [-0.4, -0.2) is 5.91 Å². The molecule has 0 aliphatic heterocycles. The van der Waals surface area contributed by atoms with Gasteiger partial charge in [0, 0.05) is 10.2 Å². The number of aryl methyl sites for hydroxylation is 1. The molecule has 0 unspecified atom stereocenters. The number of amides is 1. The first-order valence-electron chi connectivity index (χ1n) is 6.74. The molecule has 0 radical (unpaired) electrons. The number of benzene rings is 2. The highest BCUT2D eigenvalue weighted by atomic mass is 79.9. The second kappa shape index (κ2) is 5.90. The Morgan fingerprint density at radius 3 is 2.33 bits per heavy atom. The first-order valence-corrected chi connectivity index (χ1v) is 7.53. The summed E-state index contributed by atoms with van der Waals surface area (Å²) in [5.41, 5.74) is 8.58. The Balaban J connectivity index is 2.24. The Kier molecular flexibility index (Phi) is 4.37. The number of rotatable bonds is 3. The molecule has 3 nitrogen and oxygen atoms in total. The molecule has 0 saturated heterocycles. The number of nitrogens with two attached hydrogens (primary N) is 1. The first-order chi connectivity index (χ1) is 9.80. The normalized spacial score (nSPS) is 11.2. The molecule has 2 rings (SSSR count). The van der Waals surface area contributed by atoms with Crippen molar-refractivity contribution in [3.63, 3.8) is 0 Å². The average Bonchev–Trinajstić information content (AvgIpc) is 2.42. The summed E-state index contributed by atoms with van der Waals surface area (Å²) in [6.45, 7) is 5.81. The van der Waals surface area contributed by atoms with Crippen LogP contribution in [0, 0.1) is 6.92 Å². The summed E-state index contributed by atoms with van der Waals surface area (Å²) in [7, 11) is 0. The molecule has 3 N–H and O–H groups in total. The summed E-state index contributed by atoms with van der Waals surface area (Å²) in [5, 5.41) is 2.97. The fourth-order valence-corrected chi connectivity index (χ4v) is 2.62. The topological polar surface area (TPSA) is 55.1 Å². The van der Waals surface area contributed by atoms with E-state index in [0.717, 1.165) is 21.3 Å². The smallest absolute Gasteiger partial charge is 0.234 e. The van der Waals surface area contributed by atoms with Crippen molar-refractivity contribution in [1.29, 1.82) is 0 Å². The highest BCUT2D eigenvalue weighted by molar-refractivity contribution is 9.10. The van der Waals surface area contributed by atoms with Gasteiger partial charge in [0.05, 0.1) is 11.1 Å². The van der Waals surface area contributed by atoms with Crippen molar-refractivity contribution < 1.29 is 4.79 Å². The van der Waals surface area contributed by atoms with Crippen LogP contribution in [0.2, 0.25) is 0 Å². The van der Waals surface area contributed by atoms with Crippen LogP contribution in [0.3, 0.4) is 0 Å². The molecule has 0 atom stereocenters. The highest BCUT2D eigenvalue weighted by Crippen LogP contribution is 2.29. The monoisotopic (exact) mass is 346 g/mol. The van der Waals surface area contributed by atoms with E-state index >= 15 is 0 Å². The fraction of sp³-hybridized carbons (Fsp3) is 0.235. The van der Waals surface area contributed by atoms with Crippen molar-refractivity contribution in [2.24, 2.45) is 0 Å². The molecule has 21 heavy (non-hydrogen) atoms. The Labute approximate surface area is 133 Å². The van der Waals surface area contributed by atoms with E-state index in [4.69, 9.17) is 5.73 Å².